The van der Waals surface area contributed by atoms with E-state index in [1.807, 2.05) is 41.9 Å². The number of carbonyl (C=O) groups is 1. The molecule has 2 unspecified atom stereocenters. The predicted molar refractivity (Wildman–Crippen MR) is 96.1 cm³/mol. The third kappa shape index (κ3) is 4.37. The lowest BCUT2D eigenvalue weighted by Gasteiger charge is -2.37. The lowest BCUT2D eigenvalue weighted by Crippen LogP contribution is -2.52. The van der Waals surface area contributed by atoms with E-state index >= 15 is 0 Å². The number of amides is 1. The van der Waals surface area contributed by atoms with Crippen LogP contribution in [0.25, 0.3) is 5.65 Å². The molecule has 7 heteroatoms. The summed E-state index contributed by atoms with van der Waals surface area (Å²) in [5.41, 5.74) is 7.64. The van der Waals surface area contributed by atoms with E-state index in [-0.39, 0.29) is 42.2 Å². The van der Waals surface area contributed by atoms with Crippen LogP contribution in [0.2, 0.25) is 0 Å². The van der Waals surface area contributed by atoms with Crippen LogP contribution in [-0.2, 0) is 11.3 Å². The second kappa shape index (κ2) is 7.99. The number of imidazole rings is 1. The molecule has 1 amide bonds. The highest BCUT2D eigenvalue weighted by Gasteiger charge is 2.37. The predicted octanol–water partition coefficient (Wildman–Crippen LogP) is 2.70. The Labute approximate surface area is 148 Å². The number of nitrogens with zero attached hydrogens (tertiary/aromatic N) is 2. The lowest BCUT2D eigenvalue weighted by molar-refractivity contribution is -0.128. The molecule has 3 rings (SSSR count). The van der Waals surface area contributed by atoms with Crippen LogP contribution in [0.3, 0.4) is 0 Å². The van der Waals surface area contributed by atoms with Gasteiger partial charge in [0.2, 0.25) is 5.91 Å². The average molecular weight is 359 g/mol. The molecule has 23 heavy (non-hydrogen) atoms. The van der Waals surface area contributed by atoms with E-state index in [2.05, 4.69) is 10.3 Å². The first-order chi connectivity index (χ1) is 10.1. The molecule has 1 aliphatic rings. The lowest BCUT2D eigenvalue weighted by atomic mass is 9.74. The Hall–Kier alpha value is -1.30. The van der Waals surface area contributed by atoms with Crippen molar-refractivity contribution in [2.75, 3.05) is 0 Å². The third-order valence-corrected chi connectivity index (χ3v) is 4.43. The number of halogens is 2. The summed E-state index contributed by atoms with van der Waals surface area (Å²) >= 11 is 0. The summed E-state index contributed by atoms with van der Waals surface area (Å²) in [5, 5.41) is 2.99. The molecule has 0 aromatic carbocycles. The van der Waals surface area contributed by atoms with E-state index in [1.54, 1.807) is 0 Å². The van der Waals surface area contributed by atoms with Crippen LogP contribution in [0.15, 0.2) is 30.6 Å². The molecular formula is C16H24Cl2N4O. The fraction of sp³-hybridized carbons (Fsp3) is 0.500. The van der Waals surface area contributed by atoms with Gasteiger partial charge in [0, 0.05) is 17.9 Å². The molecule has 0 saturated heterocycles. The molecule has 2 aromatic rings. The van der Waals surface area contributed by atoms with Crippen molar-refractivity contribution in [1.82, 2.24) is 14.7 Å². The highest BCUT2D eigenvalue weighted by Crippen LogP contribution is 2.31. The van der Waals surface area contributed by atoms with E-state index in [0.717, 1.165) is 37.0 Å². The van der Waals surface area contributed by atoms with Crippen LogP contribution in [-0.4, -0.2) is 20.8 Å². The molecule has 5 nitrogen and oxygen atoms in total. The van der Waals surface area contributed by atoms with Gasteiger partial charge < -0.3 is 15.5 Å². The molecule has 2 heterocycles. The van der Waals surface area contributed by atoms with Gasteiger partial charge in [-0.2, -0.15) is 0 Å². The number of aromatic nitrogens is 2. The van der Waals surface area contributed by atoms with Gasteiger partial charge in [0.05, 0.1) is 18.2 Å². The second-order valence-corrected chi connectivity index (χ2v) is 6.22. The van der Waals surface area contributed by atoms with Crippen LogP contribution < -0.4 is 11.1 Å². The number of nitrogens with one attached hydrogen (secondary N) is 1. The molecule has 0 aliphatic heterocycles. The first kappa shape index (κ1) is 19.7. The molecule has 2 atom stereocenters. The van der Waals surface area contributed by atoms with E-state index in [1.165, 1.54) is 0 Å². The number of rotatable bonds is 3. The number of carbonyl (C=O) groups excluding carboxylic acids is 1. The standard InChI is InChI=1S/C16H22N4O.2ClH/c1-16(17)8-4-2-6-13(16)15(21)18-10-12-11-20-9-5-3-7-14(20)19-12;;/h3,5,7,9,11,13H,2,4,6,8,10,17H2,1H3,(H,18,21);2*1H. The molecular weight excluding hydrogens is 335 g/mol. The zero-order valence-electron chi connectivity index (χ0n) is 13.2. The summed E-state index contributed by atoms with van der Waals surface area (Å²) in [7, 11) is 0. The van der Waals surface area contributed by atoms with Crippen LogP contribution in [0, 0.1) is 5.92 Å². The van der Waals surface area contributed by atoms with E-state index in [9.17, 15) is 4.79 Å². The maximum Gasteiger partial charge on any atom is 0.225 e. The van der Waals surface area contributed by atoms with Crippen molar-refractivity contribution in [3.8, 4) is 0 Å². The second-order valence-electron chi connectivity index (χ2n) is 6.22. The minimum atomic E-state index is -0.388. The van der Waals surface area contributed by atoms with Gasteiger partial charge in [-0.05, 0) is 31.9 Å². The molecule has 1 fully saturated rings. The molecule has 0 radical (unpaired) electrons. The summed E-state index contributed by atoms with van der Waals surface area (Å²) in [6.45, 7) is 2.44. The SMILES string of the molecule is CC1(N)CCCCC1C(=O)NCc1cn2ccccc2n1.Cl.Cl. The van der Waals surface area contributed by atoms with Crippen molar-refractivity contribution < 1.29 is 4.79 Å². The topological polar surface area (TPSA) is 72.4 Å². The Morgan fingerprint density at radius 3 is 2.91 bits per heavy atom. The average Bonchev–Trinajstić information content (AvgIpc) is 2.87. The number of hydrogen-bond acceptors (Lipinski definition) is 3. The van der Waals surface area contributed by atoms with Crippen molar-refractivity contribution in [3.63, 3.8) is 0 Å². The van der Waals surface area contributed by atoms with Gasteiger partial charge in [0.1, 0.15) is 5.65 Å². The van der Waals surface area contributed by atoms with Crippen LogP contribution in [0.4, 0.5) is 0 Å². The Bertz CT molecular complexity index is 623. The van der Waals surface area contributed by atoms with Crippen LogP contribution in [0.1, 0.15) is 38.3 Å². The largest absolute Gasteiger partial charge is 0.350 e. The molecule has 1 aliphatic carbocycles. The van der Waals surface area contributed by atoms with E-state index in [4.69, 9.17) is 5.73 Å². The molecule has 0 spiro atoms. The minimum absolute atomic E-state index is 0. The van der Waals surface area contributed by atoms with Crippen molar-refractivity contribution in [1.29, 1.82) is 0 Å². The van der Waals surface area contributed by atoms with Crippen LogP contribution in [0.5, 0.6) is 0 Å². The molecule has 1 saturated carbocycles. The first-order valence-corrected chi connectivity index (χ1v) is 7.55. The monoisotopic (exact) mass is 358 g/mol. The molecule has 128 valence electrons. The number of hydrogen-bond donors (Lipinski definition) is 2. The normalized spacial score (nSPS) is 23.7. The number of pyridine rings is 1. The van der Waals surface area contributed by atoms with Gasteiger partial charge >= 0.3 is 0 Å². The first-order valence-electron chi connectivity index (χ1n) is 7.55. The Balaban J connectivity index is 0.00000132. The molecule has 3 N–H and O–H groups in total. The summed E-state index contributed by atoms with van der Waals surface area (Å²) in [5.74, 6) is -0.0416. The van der Waals surface area contributed by atoms with Crippen molar-refractivity contribution >= 4 is 36.4 Å². The quantitative estimate of drug-likeness (QED) is 0.885. The van der Waals surface area contributed by atoms with Crippen molar-refractivity contribution in [2.45, 2.75) is 44.7 Å². The van der Waals surface area contributed by atoms with Gasteiger partial charge in [-0.3, -0.25) is 4.79 Å². The van der Waals surface area contributed by atoms with Gasteiger partial charge in [-0.15, -0.1) is 24.8 Å². The van der Waals surface area contributed by atoms with Gasteiger partial charge in [0.25, 0.3) is 0 Å². The Morgan fingerprint density at radius 1 is 1.43 bits per heavy atom. The van der Waals surface area contributed by atoms with Gasteiger partial charge in [-0.1, -0.05) is 18.9 Å². The number of fused-ring (bicyclic) bond motifs is 1. The molecule has 0 bridgehead atoms. The maximum atomic E-state index is 12.4. The Morgan fingerprint density at radius 2 is 2.22 bits per heavy atom. The van der Waals surface area contributed by atoms with E-state index in [0.29, 0.717) is 6.54 Å². The smallest absolute Gasteiger partial charge is 0.225 e. The zero-order chi connectivity index (χ0) is 14.9. The fourth-order valence-corrected chi connectivity index (χ4v) is 3.16. The summed E-state index contributed by atoms with van der Waals surface area (Å²) in [4.78, 5) is 16.9. The Kier molecular flexibility index (Phi) is 6.86. The number of nitrogens with two attached hydrogens (primary N) is 1. The van der Waals surface area contributed by atoms with Gasteiger partial charge in [0.15, 0.2) is 0 Å². The summed E-state index contributed by atoms with van der Waals surface area (Å²) < 4.78 is 1.95. The zero-order valence-corrected chi connectivity index (χ0v) is 14.8. The van der Waals surface area contributed by atoms with Crippen LogP contribution >= 0.6 is 24.8 Å². The summed E-state index contributed by atoms with van der Waals surface area (Å²) in [6, 6.07) is 5.86. The fourth-order valence-electron chi connectivity index (χ4n) is 3.16. The van der Waals surface area contributed by atoms with Crippen molar-refractivity contribution in [2.24, 2.45) is 11.7 Å². The highest BCUT2D eigenvalue weighted by molar-refractivity contribution is 5.85. The third-order valence-electron chi connectivity index (χ3n) is 4.43. The highest BCUT2D eigenvalue weighted by atomic mass is 35.5. The van der Waals surface area contributed by atoms with Gasteiger partial charge in [-0.25, -0.2) is 4.98 Å². The van der Waals surface area contributed by atoms with Crippen molar-refractivity contribution in [3.05, 3.63) is 36.3 Å². The summed E-state index contributed by atoms with van der Waals surface area (Å²) in [6.07, 6.45) is 7.88. The van der Waals surface area contributed by atoms with E-state index < -0.39 is 0 Å². The molecule has 2 aromatic heterocycles. The maximum absolute atomic E-state index is 12.4. The minimum Gasteiger partial charge on any atom is -0.350 e.